The first-order valence-corrected chi connectivity index (χ1v) is 8.38. The van der Waals surface area contributed by atoms with Crippen LogP contribution in [0.5, 0.6) is 0 Å². The van der Waals surface area contributed by atoms with E-state index in [0.717, 1.165) is 4.57 Å². The molecule has 26 heavy (non-hydrogen) atoms. The predicted octanol–water partition coefficient (Wildman–Crippen LogP) is 2.45. The van der Waals surface area contributed by atoms with Gasteiger partial charge in [0.1, 0.15) is 0 Å². The minimum Gasteiger partial charge on any atom is -0.395 e. The molecule has 0 bridgehead atoms. The quantitative estimate of drug-likeness (QED) is 0.579. The van der Waals surface area contributed by atoms with Gasteiger partial charge >= 0.3 is 5.91 Å². The maximum atomic E-state index is 12.6. The standard InChI is InChI=1S/C17H14Cl2N4O3/c18-10-1-4-12(5-2-10)21-22-16(25)15-20-14-6-3-11(19)9-13(14)17(26)23(15)7-8-24/h1-6,9,21,24H,7-8H2,(H,22,25). The van der Waals surface area contributed by atoms with Gasteiger partial charge < -0.3 is 5.11 Å². The number of hydrogen-bond acceptors (Lipinski definition) is 5. The molecule has 1 amide bonds. The highest BCUT2D eigenvalue weighted by Crippen LogP contribution is 2.16. The van der Waals surface area contributed by atoms with Crippen LogP contribution in [0.25, 0.3) is 10.9 Å². The largest absolute Gasteiger partial charge is 0.395 e. The number of hydrazine groups is 1. The Balaban J connectivity index is 1.95. The molecule has 2 aromatic carbocycles. The number of amides is 1. The van der Waals surface area contributed by atoms with Gasteiger partial charge in [0.25, 0.3) is 5.56 Å². The Morgan fingerprint density at radius 3 is 2.50 bits per heavy atom. The number of hydrogen-bond donors (Lipinski definition) is 3. The van der Waals surface area contributed by atoms with Gasteiger partial charge in [0.15, 0.2) is 0 Å². The fourth-order valence-corrected chi connectivity index (χ4v) is 2.69. The lowest BCUT2D eigenvalue weighted by Crippen LogP contribution is -2.37. The van der Waals surface area contributed by atoms with Crippen molar-refractivity contribution in [1.82, 2.24) is 15.0 Å². The molecule has 0 aliphatic heterocycles. The van der Waals surface area contributed by atoms with Gasteiger partial charge in [-0.3, -0.25) is 25.0 Å². The number of rotatable bonds is 5. The number of aromatic nitrogens is 2. The summed E-state index contributed by atoms with van der Waals surface area (Å²) in [7, 11) is 0. The van der Waals surface area contributed by atoms with E-state index in [9.17, 15) is 14.7 Å². The summed E-state index contributed by atoms with van der Waals surface area (Å²) in [5.41, 5.74) is 5.68. The summed E-state index contributed by atoms with van der Waals surface area (Å²) in [5.74, 6) is -0.748. The zero-order valence-corrected chi connectivity index (χ0v) is 14.9. The summed E-state index contributed by atoms with van der Waals surface area (Å²) in [5, 5.41) is 10.5. The van der Waals surface area contributed by atoms with Crippen molar-refractivity contribution in [3.63, 3.8) is 0 Å². The summed E-state index contributed by atoms with van der Waals surface area (Å²) in [6.07, 6.45) is 0. The molecule has 0 fully saturated rings. The Morgan fingerprint density at radius 2 is 1.81 bits per heavy atom. The molecule has 0 atom stereocenters. The van der Waals surface area contributed by atoms with Crippen LogP contribution in [0.3, 0.4) is 0 Å². The molecule has 3 rings (SSSR count). The van der Waals surface area contributed by atoms with Crippen LogP contribution >= 0.6 is 23.2 Å². The maximum absolute atomic E-state index is 12.6. The average molecular weight is 393 g/mol. The summed E-state index contributed by atoms with van der Waals surface area (Å²) in [4.78, 5) is 29.4. The predicted molar refractivity (Wildman–Crippen MR) is 101 cm³/mol. The van der Waals surface area contributed by atoms with Crippen LogP contribution < -0.4 is 16.4 Å². The van der Waals surface area contributed by atoms with Gasteiger partial charge in [0.2, 0.25) is 5.82 Å². The van der Waals surface area contributed by atoms with E-state index in [1.165, 1.54) is 6.07 Å². The third kappa shape index (κ3) is 3.80. The second-order valence-electron chi connectivity index (χ2n) is 5.36. The van der Waals surface area contributed by atoms with Crippen molar-refractivity contribution in [2.45, 2.75) is 6.54 Å². The van der Waals surface area contributed by atoms with Gasteiger partial charge in [-0.25, -0.2) is 4.98 Å². The molecular weight excluding hydrogens is 379 g/mol. The summed E-state index contributed by atoms with van der Waals surface area (Å²) < 4.78 is 1.11. The van der Waals surface area contributed by atoms with Crippen molar-refractivity contribution in [2.24, 2.45) is 0 Å². The molecule has 0 saturated carbocycles. The molecule has 7 nitrogen and oxygen atoms in total. The first-order chi connectivity index (χ1) is 12.5. The van der Waals surface area contributed by atoms with Crippen LogP contribution in [-0.2, 0) is 6.54 Å². The zero-order chi connectivity index (χ0) is 18.7. The highest BCUT2D eigenvalue weighted by Gasteiger charge is 2.17. The molecule has 0 aliphatic carbocycles. The fraction of sp³-hybridized carbons (Fsp3) is 0.118. The van der Waals surface area contributed by atoms with Crippen LogP contribution in [-0.4, -0.2) is 27.2 Å². The first-order valence-electron chi connectivity index (χ1n) is 7.62. The Hall–Kier alpha value is -2.61. The fourth-order valence-electron chi connectivity index (χ4n) is 2.39. The van der Waals surface area contributed by atoms with Crippen LogP contribution in [0.4, 0.5) is 5.69 Å². The van der Waals surface area contributed by atoms with Crippen molar-refractivity contribution >= 4 is 45.7 Å². The average Bonchev–Trinajstić information content (AvgIpc) is 2.63. The van der Waals surface area contributed by atoms with Gasteiger partial charge in [0, 0.05) is 10.0 Å². The topological polar surface area (TPSA) is 96.3 Å². The molecule has 0 saturated heterocycles. The molecule has 0 unspecified atom stereocenters. The number of anilines is 1. The lowest BCUT2D eigenvalue weighted by molar-refractivity contribution is 0.0945. The molecule has 0 spiro atoms. The lowest BCUT2D eigenvalue weighted by Gasteiger charge is -2.13. The molecule has 0 aliphatic rings. The molecule has 1 heterocycles. The van der Waals surface area contributed by atoms with Crippen LogP contribution in [0.15, 0.2) is 47.3 Å². The number of aliphatic hydroxyl groups excluding tert-OH is 1. The smallest absolute Gasteiger partial charge is 0.305 e. The molecule has 9 heteroatoms. The maximum Gasteiger partial charge on any atom is 0.305 e. The van der Waals surface area contributed by atoms with Gasteiger partial charge in [-0.1, -0.05) is 23.2 Å². The molecule has 3 aromatic rings. The van der Waals surface area contributed by atoms with E-state index in [0.29, 0.717) is 21.2 Å². The number of fused-ring (bicyclic) bond motifs is 1. The van der Waals surface area contributed by atoms with Gasteiger partial charge in [-0.15, -0.1) is 0 Å². The lowest BCUT2D eigenvalue weighted by atomic mass is 10.2. The number of carbonyl (C=O) groups is 1. The van der Waals surface area contributed by atoms with E-state index in [1.54, 1.807) is 36.4 Å². The highest BCUT2D eigenvalue weighted by molar-refractivity contribution is 6.31. The Labute approximate surface area is 158 Å². The van der Waals surface area contributed by atoms with Crippen LogP contribution in [0, 0.1) is 0 Å². The van der Waals surface area contributed by atoms with E-state index < -0.39 is 11.5 Å². The van der Waals surface area contributed by atoms with Gasteiger partial charge in [0.05, 0.1) is 29.7 Å². The van der Waals surface area contributed by atoms with Crippen molar-refractivity contribution in [2.75, 3.05) is 12.0 Å². The number of benzene rings is 2. The van der Waals surface area contributed by atoms with Crippen LogP contribution in [0.1, 0.15) is 10.6 Å². The normalized spacial score (nSPS) is 10.7. The number of nitrogens with zero attached hydrogens (tertiary/aromatic N) is 2. The van der Waals surface area contributed by atoms with Gasteiger partial charge in [-0.05, 0) is 42.5 Å². The Bertz CT molecular complexity index is 1020. The number of carbonyl (C=O) groups excluding carboxylic acids is 1. The molecular formula is C17H14Cl2N4O3. The second-order valence-corrected chi connectivity index (χ2v) is 6.24. The molecule has 0 radical (unpaired) electrons. The SMILES string of the molecule is O=C(NNc1ccc(Cl)cc1)c1nc2ccc(Cl)cc2c(=O)n1CCO. The van der Waals surface area contributed by atoms with E-state index in [2.05, 4.69) is 15.8 Å². The van der Waals surface area contributed by atoms with Crippen molar-refractivity contribution in [3.8, 4) is 0 Å². The Kier molecular flexibility index (Phi) is 5.41. The molecule has 3 N–H and O–H groups in total. The first kappa shape index (κ1) is 18.2. The van der Waals surface area contributed by atoms with E-state index >= 15 is 0 Å². The highest BCUT2D eigenvalue weighted by atomic mass is 35.5. The van der Waals surface area contributed by atoms with Crippen molar-refractivity contribution in [3.05, 3.63) is 68.7 Å². The molecule has 134 valence electrons. The second kappa shape index (κ2) is 7.74. The monoisotopic (exact) mass is 392 g/mol. The summed E-state index contributed by atoms with van der Waals surface area (Å²) in [6, 6.07) is 11.3. The van der Waals surface area contributed by atoms with E-state index in [1.807, 2.05) is 0 Å². The van der Waals surface area contributed by atoms with Crippen LogP contribution in [0.2, 0.25) is 10.0 Å². The summed E-state index contributed by atoms with van der Waals surface area (Å²) >= 11 is 11.7. The Morgan fingerprint density at radius 1 is 1.12 bits per heavy atom. The van der Waals surface area contributed by atoms with Gasteiger partial charge in [-0.2, -0.15) is 0 Å². The number of halogens is 2. The summed E-state index contributed by atoms with van der Waals surface area (Å²) in [6.45, 7) is -0.392. The third-order valence-electron chi connectivity index (χ3n) is 3.61. The minimum absolute atomic E-state index is 0.0714. The van der Waals surface area contributed by atoms with Crippen molar-refractivity contribution < 1.29 is 9.90 Å². The third-order valence-corrected chi connectivity index (χ3v) is 4.09. The molecule has 1 aromatic heterocycles. The minimum atomic E-state index is -0.623. The van der Waals surface area contributed by atoms with E-state index in [4.69, 9.17) is 23.2 Å². The van der Waals surface area contributed by atoms with Crippen molar-refractivity contribution in [1.29, 1.82) is 0 Å². The number of nitrogens with one attached hydrogen (secondary N) is 2. The zero-order valence-electron chi connectivity index (χ0n) is 13.4. The van der Waals surface area contributed by atoms with E-state index in [-0.39, 0.29) is 24.4 Å². The number of aliphatic hydroxyl groups is 1.